The first kappa shape index (κ1) is 16.2. The number of carbonyl (C=O) groups excluding carboxylic acids is 1. The Morgan fingerprint density at radius 3 is 2.62 bits per heavy atom. The SMILES string of the molecule is CC(C)(C)OC(=O)N1CCc2c(nc(-c3ccccc3)[nH]c2=O)C1. The van der Waals surface area contributed by atoms with Gasteiger partial charge in [-0.25, -0.2) is 9.78 Å². The average molecular weight is 327 g/mol. The minimum absolute atomic E-state index is 0.136. The zero-order valence-electron chi connectivity index (χ0n) is 14.1. The molecule has 0 bridgehead atoms. The molecule has 6 heteroatoms. The van der Waals surface area contributed by atoms with E-state index in [2.05, 4.69) is 9.97 Å². The van der Waals surface area contributed by atoms with Crippen LogP contribution in [0.5, 0.6) is 0 Å². The number of carbonyl (C=O) groups is 1. The van der Waals surface area contributed by atoms with E-state index < -0.39 is 5.60 Å². The summed E-state index contributed by atoms with van der Waals surface area (Å²) in [7, 11) is 0. The first-order chi connectivity index (χ1) is 11.3. The summed E-state index contributed by atoms with van der Waals surface area (Å²) in [6.45, 7) is 6.24. The second-order valence-corrected chi connectivity index (χ2v) is 6.86. The van der Waals surface area contributed by atoms with Gasteiger partial charge in [0, 0.05) is 17.7 Å². The van der Waals surface area contributed by atoms with Gasteiger partial charge >= 0.3 is 6.09 Å². The Balaban J connectivity index is 1.89. The van der Waals surface area contributed by atoms with Crippen LogP contribution in [0.1, 0.15) is 32.0 Å². The van der Waals surface area contributed by atoms with E-state index >= 15 is 0 Å². The maximum atomic E-state index is 12.3. The van der Waals surface area contributed by atoms with Gasteiger partial charge in [0.15, 0.2) is 0 Å². The van der Waals surface area contributed by atoms with Gasteiger partial charge < -0.3 is 14.6 Å². The Kier molecular flexibility index (Phi) is 4.13. The number of rotatable bonds is 1. The minimum atomic E-state index is -0.547. The molecule has 0 saturated heterocycles. The Morgan fingerprint density at radius 1 is 1.25 bits per heavy atom. The summed E-state index contributed by atoms with van der Waals surface area (Å²) in [6, 6.07) is 9.46. The first-order valence-electron chi connectivity index (χ1n) is 7.99. The molecule has 2 heterocycles. The lowest BCUT2D eigenvalue weighted by Crippen LogP contribution is -2.42. The van der Waals surface area contributed by atoms with Gasteiger partial charge in [0.1, 0.15) is 11.4 Å². The molecule has 0 spiro atoms. The van der Waals surface area contributed by atoms with E-state index in [1.165, 1.54) is 0 Å². The predicted molar refractivity (Wildman–Crippen MR) is 90.6 cm³/mol. The van der Waals surface area contributed by atoms with E-state index in [0.29, 0.717) is 30.0 Å². The number of ether oxygens (including phenoxy) is 1. The second kappa shape index (κ2) is 6.11. The molecule has 1 amide bonds. The van der Waals surface area contributed by atoms with Crippen LogP contribution in [-0.4, -0.2) is 33.1 Å². The highest BCUT2D eigenvalue weighted by atomic mass is 16.6. The molecule has 0 radical (unpaired) electrons. The summed E-state index contributed by atoms with van der Waals surface area (Å²) in [5.74, 6) is 0.519. The van der Waals surface area contributed by atoms with Crippen LogP contribution >= 0.6 is 0 Å². The van der Waals surface area contributed by atoms with Crippen LogP contribution < -0.4 is 5.56 Å². The maximum absolute atomic E-state index is 12.3. The normalized spacial score (nSPS) is 14.2. The molecular formula is C18H21N3O3. The van der Waals surface area contributed by atoms with Crippen LogP contribution in [0.3, 0.4) is 0 Å². The van der Waals surface area contributed by atoms with E-state index in [1.807, 2.05) is 51.1 Å². The third kappa shape index (κ3) is 3.48. The third-order valence-electron chi connectivity index (χ3n) is 3.77. The summed E-state index contributed by atoms with van der Waals surface area (Å²) in [6.07, 6.45) is 0.0999. The van der Waals surface area contributed by atoms with Crippen molar-refractivity contribution in [2.75, 3.05) is 6.54 Å². The van der Waals surface area contributed by atoms with Crippen molar-refractivity contribution in [3.05, 3.63) is 51.9 Å². The summed E-state index contributed by atoms with van der Waals surface area (Å²) < 4.78 is 5.41. The summed E-state index contributed by atoms with van der Waals surface area (Å²) >= 11 is 0. The fourth-order valence-corrected chi connectivity index (χ4v) is 2.65. The fraction of sp³-hybridized carbons (Fsp3) is 0.389. The van der Waals surface area contributed by atoms with Crippen LogP contribution in [0.15, 0.2) is 35.1 Å². The molecule has 0 unspecified atom stereocenters. The van der Waals surface area contributed by atoms with Crippen molar-refractivity contribution in [1.82, 2.24) is 14.9 Å². The minimum Gasteiger partial charge on any atom is -0.444 e. The number of hydrogen-bond acceptors (Lipinski definition) is 4. The van der Waals surface area contributed by atoms with Crippen LogP contribution in [0.2, 0.25) is 0 Å². The van der Waals surface area contributed by atoms with Crippen LogP contribution in [0.4, 0.5) is 4.79 Å². The molecule has 0 atom stereocenters. The molecule has 1 aliphatic heterocycles. The van der Waals surface area contributed by atoms with Crippen molar-refractivity contribution in [1.29, 1.82) is 0 Å². The van der Waals surface area contributed by atoms with Gasteiger partial charge in [0.2, 0.25) is 0 Å². The molecule has 126 valence electrons. The van der Waals surface area contributed by atoms with Gasteiger partial charge in [0.05, 0.1) is 12.2 Å². The van der Waals surface area contributed by atoms with E-state index in [0.717, 1.165) is 5.56 Å². The lowest BCUT2D eigenvalue weighted by molar-refractivity contribution is 0.0220. The number of aromatic nitrogens is 2. The first-order valence-corrected chi connectivity index (χ1v) is 7.99. The molecule has 3 rings (SSSR count). The monoisotopic (exact) mass is 327 g/mol. The number of H-pyrrole nitrogens is 1. The van der Waals surface area contributed by atoms with Crippen molar-refractivity contribution < 1.29 is 9.53 Å². The fourth-order valence-electron chi connectivity index (χ4n) is 2.65. The highest BCUT2D eigenvalue weighted by molar-refractivity contribution is 5.68. The van der Waals surface area contributed by atoms with Gasteiger partial charge in [-0.05, 0) is 27.2 Å². The third-order valence-corrected chi connectivity index (χ3v) is 3.77. The van der Waals surface area contributed by atoms with Gasteiger partial charge in [-0.15, -0.1) is 0 Å². The van der Waals surface area contributed by atoms with Gasteiger partial charge in [-0.1, -0.05) is 30.3 Å². The molecule has 1 N–H and O–H groups in total. The molecule has 1 aromatic carbocycles. The van der Waals surface area contributed by atoms with Crippen molar-refractivity contribution in [3.8, 4) is 11.4 Å². The molecule has 1 aliphatic rings. The molecule has 24 heavy (non-hydrogen) atoms. The Labute approximate surface area is 140 Å². The lowest BCUT2D eigenvalue weighted by Gasteiger charge is -2.30. The summed E-state index contributed by atoms with van der Waals surface area (Å²) in [5, 5.41) is 0. The number of aromatic amines is 1. The quantitative estimate of drug-likeness (QED) is 0.874. The summed E-state index contributed by atoms with van der Waals surface area (Å²) in [4.78, 5) is 33.6. The standard InChI is InChI=1S/C18H21N3O3/c1-18(2,3)24-17(23)21-10-9-13-14(11-21)19-15(20-16(13)22)12-7-5-4-6-8-12/h4-8H,9-11H2,1-3H3,(H,19,20,22). The molecule has 2 aromatic rings. The molecule has 0 fully saturated rings. The second-order valence-electron chi connectivity index (χ2n) is 6.86. The molecular weight excluding hydrogens is 306 g/mol. The van der Waals surface area contributed by atoms with E-state index in [1.54, 1.807) is 4.90 Å². The molecule has 6 nitrogen and oxygen atoms in total. The van der Waals surface area contributed by atoms with Gasteiger partial charge in [-0.3, -0.25) is 4.79 Å². The van der Waals surface area contributed by atoms with Crippen LogP contribution in [0.25, 0.3) is 11.4 Å². The van der Waals surface area contributed by atoms with Crippen molar-refractivity contribution in [2.45, 2.75) is 39.3 Å². The summed E-state index contributed by atoms with van der Waals surface area (Å²) in [5.41, 5.74) is 1.44. The van der Waals surface area contributed by atoms with Crippen molar-refractivity contribution in [3.63, 3.8) is 0 Å². The smallest absolute Gasteiger partial charge is 0.410 e. The van der Waals surface area contributed by atoms with Gasteiger partial charge in [0.25, 0.3) is 5.56 Å². The number of hydrogen-bond donors (Lipinski definition) is 1. The van der Waals surface area contributed by atoms with E-state index in [-0.39, 0.29) is 18.2 Å². The Morgan fingerprint density at radius 2 is 1.96 bits per heavy atom. The zero-order valence-corrected chi connectivity index (χ0v) is 14.1. The number of fused-ring (bicyclic) bond motifs is 1. The van der Waals surface area contributed by atoms with Crippen LogP contribution in [0, 0.1) is 0 Å². The number of benzene rings is 1. The van der Waals surface area contributed by atoms with Crippen molar-refractivity contribution in [2.24, 2.45) is 0 Å². The average Bonchev–Trinajstić information content (AvgIpc) is 2.53. The molecule has 1 aromatic heterocycles. The van der Waals surface area contributed by atoms with Crippen molar-refractivity contribution >= 4 is 6.09 Å². The van der Waals surface area contributed by atoms with Gasteiger partial charge in [-0.2, -0.15) is 0 Å². The van der Waals surface area contributed by atoms with E-state index in [4.69, 9.17) is 4.74 Å². The lowest BCUT2D eigenvalue weighted by atomic mass is 10.1. The molecule has 0 saturated carbocycles. The zero-order chi connectivity index (χ0) is 17.3. The highest BCUT2D eigenvalue weighted by Crippen LogP contribution is 2.20. The number of nitrogens with one attached hydrogen (secondary N) is 1. The predicted octanol–water partition coefficient (Wildman–Crippen LogP) is 2.73. The van der Waals surface area contributed by atoms with E-state index in [9.17, 15) is 9.59 Å². The Bertz CT molecular complexity index is 806. The Hall–Kier alpha value is -2.63. The molecule has 0 aliphatic carbocycles. The maximum Gasteiger partial charge on any atom is 0.410 e. The largest absolute Gasteiger partial charge is 0.444 e. The number of amides is 1. The number of nitrogens with zero attached hydrogens (tertiary/aromatic N) is 2. The highest BCUT2D eigenvalue weighted by Gasteiger charge is 2.28. The topological polar surface area (TPSA) is 75.3 Å². The van der Waals surface area contributed by atoms with Crippen LogP contribution in [-0.2, 0) is 17.7 Å².